The largest absolute Gasteiger partial charge is 0.510 e. The summed E-state index contributed by atoms with van der Waals surface area (Å²) in [6.07, 6.45) is 1.23. The monoisotopic (exact) mass is 251 g/mol. The summed E-state index contributed by atoms with van der Waals surface area (Å²) in [7, 11) is -5.08. The van der Waals surface area contributed by atoms with E-state index in [-0.39, 0.29) is 16.9 Å². The zero-order valence-corrected chi connectivity index (χ0v) is 9.32. The predicted octanol–water partition coefficient (Wildman–Crippen LogP) is 1.17. The number of aromatic nitrogens is 1. The minimum absolute atomic E-state index is 0.0981. The van der Waals surface area contributed by atoms with E-state index in [4.69, 9.17) is 10.00 Å². The number of hydrogen-bond donors (Lipinski definition) is 3. The zero-order valence-electron chi connectivity index (χ0n) is 8.42. The first-order chi connectivity index (χ1) is 7.35. The van der Waals surface area contributed by atoms with Gasteiger partial charge < -0.3 is 10.2 Å². The van der Waals surface area contributed by atoms with Crippen LogP contribution in [0.4, 0.5) is 4.20 Å². The number of rotatable bonds is 4. The molecule has 1 heterocycles. The van der Waals surface area contributed by atoms with Gasteiger partial charge in [-0.05, 0) is 6.92 Å². The van der Waals surface area contributed by atoms with E-state index in [0.717, 1.165) is 0 Å². The van der Waals surface area contributed by atoms with Gasteiger partial charge in [0.05, 0.1) is 18.9 Å². The molecular weight excluding hydrogens is 240 g/mol. The van der Waals surface area contributed by atoms with Gasteiger partial charge in [0, 0.05) is 17.3 Å². The maximum absolute atomic E-state index is 12.2. The molecule has 1 rings (SSSR count). The van der Waals surface area contributed by atoms with Crippen LogP contribution >= 0.6 is 7.91 Å². The van der Waals surface area contributed by atoms with Crippen LogP contribution < -0.4 is 0 Å². The molecule has 0 fully saturated rings. The molecule has 0 aromatic carbocycles. The first-order valence-electron chi connectivity index (χ1n) is 4.29. The van der Waals surface area contributed by atoms with Crippen molar-refractivity contribution in [2.45, 2.75) is 20.1 Å². The highest BCUT2D eigenvalue weighted by atomic mass is 31.2. The molecule has 0 radical (unpaired) electrons. The minimum atomic E-state index is -5.08. The topological polar surface area (TPSA) is 99.9 Å². The fourth-order valence-electron chi connectivity index (χ4n) is 1.13. The predicted molar refractivity (Wildman–Crippen MR) is 52.3 cm³/mol. The van der Waals surface area contributed by atoms with E-state index in [2.05, 4.69) is 9.51 Å². The number of aryl methyl sites for hydroxylation is 1. The van der Waals surface area contributed by atoms with Crippen molar-refractivity contribution in [2.24, 2.45) is 0 Å². The smallest absolute Gasteiger partial charge is 0.506 e. The van der Waals surface area contributed by atoms with Crippen molar-refractivity contribution in [2.75, 3.05) is 0 Å². The number of halogens is 1. The SMILES string of the molecule is Cc1ncc(COP(=O)(O)F)c(CO)c1O. The van der Waals surface area contributed by atoms with Gasteiger partial charge in [-0.3, -0.25) is 14.4 Å². The summed E-state index contributed by atoms with van der Waals surface area (Å²) >= 11 is 0. The third kappa shape index (κ3) is 3.24. The van der Waals surface area contributed by atoms with E-state index in [0.29, 0.717) is 5.69 Å². The molecule has 0 saturated heterocycles. The number of pyridine rings is 1. The Morgan fingerprint density at radius 1 is 1.62 bits per heavy atom. The van der Waals surface area contributed by atoms with Crippen molar-refractivity contribution in [1.29, 1.82) is 0 Å². The molecule has 0 bridgehead atoms. The zero-order chi connectivity index (χ0) is 12.3. The third-order valence-electron chi connectivity index (χ3n) is 1.97. The van der Waals surface area contributed by atoms with Crippen LogP contribution in [0, 0.1) is 6.92 Å². The summed E-state index contributed by atoms with van der Waals surface area (Å²) in [6, 6.07) is 0. The van der Waals surface area contributed by atoms with Crippen LogP contribution in [0.25, 0.3) is 0 Å². The van der Waals surface area contributed by atoms with E-state index in [1.165, 1.54) is 13.1 Å². The van der Waals surface area contributed by atoms with Crippen LogP contribution in [0.2, 0.25) is 0 Å². The maximum atomic E-state index is 12.2. The molecule has 1 atom stereocenters. The highest BCUT2D eigenvalue weighted by Crippen LogP contribution is 2.44. The Balaban J connectivity index is 2.97. The fraction of sp³-hybridized carbons (Fsp3) is 0.375. The van der Waals surface area contributed by atoms with Crippen molar-refractivity contribution in [3.63, 3.8) is 0 Å². The summed E-state index contributed by atoms with van der Waals surface area (Å²) < 4.78 is 26.5. The van der Waals surface area contributed by atoms with Gasteiger partial charge in [0.15, 0.2) is 0 Å². The van der Waals surface area contributed by atoms with E-state index in [1.54, 1.807) is 0 Å². The second-order valence-corrected chi connectivity index (χ2v) is 4.24. The third-order valence-corrected chi connectivity index (χ3v) is 2.42. The molecule has 1 aromatic heterocycles. The molecule has 1 aromatic rings. The molecule has 0 aliphatic carbocycles. The van der Waals surface area contributed by atoms with Gasteiger partial charge >= 0.3 is 7.91 Å². The number of hydrogen-bond acceptors (Lipinski definition) is 5. The standard InChI is InChI=1S/C8H11FNO5P/c1-5-8(12)7(3-11)6(2-10-5)4-15-16(9,13)14/h2,11-12H,3-4H2,1H3,(H,13,14). The highest BCUT2D eigenvalue weighted by molar-refractivity contribution is 7.46. The second kappa shape index (κ2) is 4.88. The number of aliphatic hydroxyl groups excluding tert-OH is 1. The Morgan fingerprint density at radius 3 is 2.75 bits per heavy atom. The Morgan fingerprint density at radius 2 is 2.25 bits per heavy atom. The van der Waals surface area contributed by atoms with Crippen LogP contribution in [0.3, 0.4) is 0 Å². The number of nitrogens with zero attached hydrogens (tertiary/aromatic N) is 1. The summed E-state index contributed by atoms with van der Waals surface area (Å²) in [5, 5.41) is 18.5. The summed E-state index contributed by atoms with van der Waals surface area (Å²) in [6.45, 7) is 0.460. The normalized spacial score (nSPS) is 14.8. The van der Waals surface area contributed by atoms with Crippen LogP contribution in [0.15, 0.2) is 6.20 Å². The molecular formula is C8H11FNO5P. The van der Waals surface area contributed by atoms with Crippen LogP contribution in [0.1, 0.15) is 16.8 Å². The Kier molecular flexibility index (Phi) is 3.98. The molecule has 1 unspecified atom stereocenters. The summed E-state index contributed by atoms with van der Waals surface area (Å²) in [5.41, 5.74) is 0.540. The van der Waals surface area contributed by atoms with Crippen LogP contribution in [0.5, 0.6) is 5.75 Å². The van der Waals surface area contributed by atoms with Crippen molar-refractivity contribution < 1.29 is 28.4 Å². The molecule has 0 aliphatic heterocycles. The van der Waals surface area contributed by atoms with Crippen LogP contribution in [-0.4, -0.2) is 20.1 Å². The van der Waals surface area contributed by atoms with Crippen molar-refractivity contribution >= 4 is 7.91 Å². The lowest BCUT2D eigenvalue weighted by atomic mass is 10.1. The average Bonchev–Trinajstić information content (AvgIpc) is 2.18. The van der Waals surface area contributed by atoms with Crippen molar-refractivity contribution in [1.82, 2.24) is 4.98 Å². The molecule has 8 heteroatoms. The maximum Gasteiger partial charge on any atom is 0.510 e. The molecule has 3 N–H and O–H groups in total. The van der Waals surface area contributed by atoms with Crippen molar-refractivity contribution in [3.8, 4) is 5.75 Å². The van der Waals surface area contributed by atoms with Gasteiger partial charge in [-0.15, -0.1) is 4.20 Å². The number of aliphatic hydroxyl groups is 1. The van der Waals surface area contributed by atoms with Gasteiger partial charge in [-0.25, -0.2) is 4.57 Å². The van der Waals surface area contributed by atoms with Gasteiger partial charge in [-0.1, -0.05) is 0 Å². The lowest BCUT2D eigenvalue weighted by Gasteiger charge is -2.10. The van der Waals surface area contributed by atoms with E-state index >= 15 is 0 Å². The van der Waals surface area contributed by atoms with Crippen molar-refractivity contribution in [3.05, 3.63) is 23.0 Å². The molecule has 6 nitrogen and oxygen atoms in total. The molecule has 0 spiro atoms. The lowest BCUT2D eigenvalue weighted by molar-refractivity contribution is 0.212. The van der Waals surface area contributed by atoms with E-state index in [1.807, 2.05) is 0 Å². The van der Waals surface area contributed by atoms with Gasteiger partial charge in [0.25, 0.3) is 0 Å². The van der Waals surface area contributed by atoms with Crippen LogP contribution in [-0.2, 0) is 22.3 Å². The highest BCUT2D eigenvalue weighted by Gasteiger charge is 2.19. The molecule has 90 valence electrons. The summed E-state index contributed by atoms with van der Waals surface area (Å²) in [5.74, 6) is -0.241. The molecule has 0 amide bonds. The van der Waals surface area contributed by atoms with Gasteiger partial charge in [0.1, 0.15) is 5.75 Å². The Labute approximate surface area is 91.0 Å². The van der Waals surface area contributed by atoms with Gasteiger partial charge in [-0.2, -0.15) is 0 Å². The first kappa shape index (κ1) is 13.1. The molecule has 16 heavy (non-hydrogen) atoms. The quantitative estimate of drug-likeness (QED) is 0.694. The average molecular weight is 251 g/mol. The Bertz CT molecular complexity index is 433. The van der Waals surface area contributed by atoms with E-state index < -0.39 is 21.1 Å². The molecule has 0 aliphatic rings. The fourth-order valence-corrected chi connectivity index (χ4v) is 1.43. The number of aromatic hydroxyl groups is 1. The lowest BCUT2D eigenvalue weighted by Crippen LogP contribution is -2.00. The first-order valence-corrected chi connectivity index (χ1v) is 5.76. The molecule has 0 saturated carbocycles. The van der Waals surface area contributed by atoms with Gasteiger partial charge in [0.2, 0.25) is 0 Å². The minimum Gasteiger partial charge on any atom is -0.506 e. The summed E-state index contributed by atoms with van der Waals surface area (Å²) in [4.78, 5) is 12.0. The van der Waals surface area contributed by atoms with E-state index in [9.17, 15) is 13.9 Å². The Hall–Kier alpha value is -1.01. The second-order valence-electron chi connectivity index (χ2n) is 3.08.